The van der Waals surface area contributed by atoms with Crippen molar-refractivity contribution in [3.63, 3.8) is 0 Å². The third kappa shape index (κ3) is 2.70. The summed E-state index contributed by atoms with van der Waals surface area (Å²) < 4.78 is 39.9. The molecule has 2 N–H and O–H groups in total. The minimum absolute atomic E-state index is 0.0845. The Balaban J connectivity index is 2.07. The maximum atomic E-state index is 12.2. The molecule has 0 fully saturated rings. The van der Waals surface area contributed by atoms with E-state index >= 15 is 0 Å². The van der Waals surface area contributed by atoms with Crippen LogP contribution in [-0.2, 0) is 6.18 Å². The Hall–Kier alpha value is -1.71. The summed E-state index contributed by atoms with van der Waals surface area (Å²) in [5.41, 5.74) is 0. The number of aromatic nitrogens is 5. The molecular formula is C7H7F3N6S. The standard InChI is InChI=1S/C7H7F3N6S/c1-3(4-11-2-12-15-4)13-6-14-5(16-17-6)7(8,9)10/h2-3H,1H3,(H,11,12,15)(H,13,14,16). The molecule has 2 heterocycles. The Labute approximate surface area is 97.5 Å². The number of rotatable bonds is 3. The maximum Gasteiger partial charge on any atom is 0.452 e. The van der Waals surface area contributed by atoms with Gasteiger partial charge in [-0.05, 0) is 6.92 Å². The van der Waals surface area contributed by atoms with Gasteiger partial charge in [-0.3, -0.25) is 5.10 Å². The zero-order valence-corrected chi connectivity index (χ0v) is 9.30. The summed E-state index contributed by atoms with van der Waals surface area (Å²) in [5, 5.41) is 9.08. The smallest absolute Gasteiger partial charge is 0.351 e. The summed E-state index contributed by atoms with van der Waals surface area (Å²) in [6.07, 6.45) is -3.21. The van der Waals surface area contributed by atoms with Crippen molar-refractivity contribution in [2.75, 3.05) is 5.32 Å². The summed E-state index contributed by atoms with van der Waals surface area (Å²) >= 11 is 0.648. The van der Waals surface area contributed by atoms with E-state index in [9.17, 15) is 13.2 Å². The topological polar surface area (TPSA) is 79.4 Å². The third-order valence-electron chi connectivity index (χ3n) is 1.86. The van der Waals surface area contributed by atoms with Gasteiger partial charge in [0.25, 0.3) is 0 Å². The van der Waals surface area contributed by atoms with Gasteiger partial charge < -0.3 is 5.32 Å². The molecule has 2 aromatic heterocycles. The number of H-pyrrole nitrogens is 1. The van der Waals surface area contributed by atoms with Gasteiger partial charge >= 0.3 is 6.18 Å². The number of nitrogens with zero attached hydrogens (tertiary/aromatic N) is 4. The molecule has 1 atom stereocenters. The van der Waals surface area contributed by atoms with Crippen LogP contribution in [0.4, 0.5) is 18.3 Å². The third-order valence-corrected chi connectivity index (χ3v) is 2.51. The first-order valence-corrected chi connectivity index (χ1v) is 5.27. The Bertz CT molecular complexity index is 478. The summed E-state index contributed by atoms with van der Waals surface area (Å²) in [7, 11) is 0. The molecule has 17 heavy (non-hydrogen) atoms. The lowest BCUT2D eigenvalue weighted by molar-refractivity contribution is -0.144. The van der Waals surface area contributed by atoms with Crippen LogP contribution in [0.15, 0.2) is 6.33 Å². The van der Waals surface area contributed by atoms with Crippen molar-refractivity contribution in [2.24, 2.45) is 0 Å². The molecule has 0 aromatic carbocycles. The molecule has 0 saturated heterocycles. The lowest BCUT2D eigenvalue weighted by atomic mass is 10.3. The Morgan fingerprint density at radius 2 is 2.24 bits per heavy atom. The second kappa shape index (κ2) is 4.28. The second-order valence-corrected chi connectivity index (χ2v) is 3.91. The van der Waals surface area contributed by atoms with E-state index in [2.05, 4.69) is 29.9 Å². The van der Waals surface area contributed by atoms with Gasteiger partial charge in [-0.1, -0.05) is 0 Å². The van der Waals surface area contributed by atoms with E-state index in [-0.39, 0.29) is 11.2 Å². The van der Waals surface area contributed by atoms with Gasteiger partial charge in [0.1, 0.15) is 12.2 Å². The quantitative estimate of drug-likeness (QED) is 0.884. The normalized spacial score (nSPS) is 13.6. The van der Waals surface area contributed by atoms with Gasteiger partial charge in [-0.25, -0.2) is 4.98 Å². The van der Waals surface area contributed by atoms with Gasteiger partial charge in [0.05, 0.1) is 6.04 Å². The number of nitrogens with one attached hydrogen (secondary N) is 2. The van der Waals surface area contributed by atoms with E-state index in [0.717, 1.165) is 0 Å². The molecule has 10 heteroatoms. The first-order chi connectivity index (χ1) is 7.97. The van der Waals surface area contributed by atoms with Crippen LogP contribution in [0.25, 0.3) is 0 Å². The van der Waals surface area contributed by atoms with E-state index in [1.165, 1.54) is 6.33 Å². The van der Waals surface area contributed by atoms with Crippen LogP contribution in [0.2, 0.25) is 0 Å². The molecule has 92 valence electrons. The highest BCUT2D eigenvalue weighted by Crippen LogP contribution is 2.29. The van der Waals surface area contributed by atoms with E-state index < -0.39 is 12.0 Å². The molecule has 2 aromatic rings. The van der Waals surface area contributed by atoms with Gasteiger partial charge in [0, 0.05) is 11.5 Å². The van der Waals surface area contributed by atoms with Crippen LogP contribution in [0, 0.1) is 0 Å². The second-order valence-electron chi connectivity index (χ2n) is 3.16. The van der Waals surface area contributed by atoms with Gasteiger partial charge in [0.2, 0.25) is 11.0 Å². The molecule has 0 radical (unpaired) electrons. The first-order valence-electron chi connectivity index (χ1n) is 4.49. The highest BCUT2D eigenvalue weighted by molar-refractivity contribution is 7.09. The van der Waals surface area contributed by atoms with Crippen LogP contribution in [-0.4, -0.2) is 24.5 Å². The average Bonchev–Trinajstić information content (AvgIpc) is 2.85. The predicted molar refractivity (Wildman–Crippen MR) is 53.3 cm³/mol. The van der Waals surface area contributed by atoms with Crippen molar-refractivity contribution >= 4 is 16.7 Å². The van der Waals surface area contributed by atoms with E-state index in [1.54, 1.807) is 6.92 Å². The van der Waals surface area contributed by atoms with Crippen molar-refractivity contribution in [3.05, 3.63) is 18.0 Å². The van der Waals surface area contributed by atoms with E-state index in [4.69, 9.17) is 0 Å². The lowest BCUT2D eigenvalue weighted by Gasteiger charge is -2.08. The lowest BCUT2D eigenvalue weighted by Crippen LogP contribution is -2.10. The molecule has 0 spiro atoms. The number of alkyl halides is 3. The minimum atomic E-state index is -4.52. The molecule has 0 aliphatic carbocycles. The van der Waals surface area contributed by atoms with Crippen LogP contribution in [0.3, 0.4) is 0 Å². The van der Waals surface area contributed by atoms with E-state index in [0.29, 0.717) is 17.4 Å². The monoisotopic (exact) mass is 264 g/mol. The van der Waals surface area contributed by atoms with Crippen LogP contribution < -0.4 is 5.32 Å². The van der Waals surface area contributed by atoms with Crippen LogP contribution in [0.5, 0.6) is 0 Å². The maximum absolute atomic E-state index is 12.2. The predicted octanol–water partition coefficient (Wildman–Crippen LogP) is 1.85. The van der Waals surface area contributed by atoms with Crippen molar-refractivity contribution in [1.29, 1.82) is 0 Å². The van der Waals surface area contributed by atoms with Crippen LogP contribution in [0.1, 0.15) is 24.6 Å². The number of aromatic amines is 1. The molecule has 0 aliphatic rings. The fourth-order valence-electron chi connectivity index (χ4n) is 1.07. The Kier molecular flexibility index (Phi) is 2.96. The molecule has 1 unspecified atom stereocenters. The highest BCUT2D eigenvalue weighted by atomic mass is 32.1. The zero-order valence-electron chi connectivity index (χ0n) is 8.49. The van der Waals surface area contributed by atoms with E-state index in [1.807, 2.05) is 0 Å². The number of halogens is 3. The van der Waals surface area contributed by atoms with Crippen molar-refractivity contribution in [2.45, 2.75) is 19.1 Å². The van der Waals surface area contributed by atoms with Crippen molar-refractivity contribution in [3.8, 4) is 0 Å². The number of anilines is 1. The number of hydrogen-bond donors (Lipinski definition) is 2. The highest BCUT2D eigenvalue weighted by Gasteiger charge is 2.36. The molecular weight excluding hydrogens is 257 g/mol. The summed E-state index contributed by atoms with van der Waals surface area (Å²) in [6.45, 7) is 1.72. The SMILES string of the molecule is CC(Nc1nc(C(F)(F)F)ns1)c1ncn[nH]1. The Morgan fingerprint density at radius 1 is 1.47 bits per heavy atom. The number of hydrogen-bond acceptors (Lipinski definition) is 6. The fourth-order valence-corrected chi connectivity index (χ4v) is 1.75. The van der Waals surface area contributed by atoms with Gasteiger partial charge in [-0.2, -0.15) is 27.6 Å². The average molecular weight is 264 g/mol. The van der Waals surface area contributed by atoms with Crippen molar-refractivity contribution < 1.29 is 13.2 Å². The summed E-state index contributed by atoms with van der Waals surface area (Å²) in [5.74, 6) is -0.636. The molecule has 0 bridgehead atoms. The zero-order chi connectivity index (χ0) is 12.5. The van der Waals surface area contributed by atoms with Gasteiger partial charge in [0.15, 0.2) is 0 Å². The first kappa shape index (κ1) is 11.8. The molecule has 0 amide bonds. The molecule has 0 aliphatic heterocycles. The van der Waals surface area contributed by atoms with Crippen molar-refractivity contribution in [1.82, 2.24) is 24.5 Å². The van der Waals surface area contributed by atoms with Crippen LogP contribution >= 0.6 is 11.5 Å². The summed E-state index contributed by atoms with van der Waals surface area (Å²) in [6, 6.07) is -0.327. The van der Waals surface area contributed by atoms with Gasteiger partial charge in [-0.15, -0.1) is 0 Å². The molecule has 0 saturated carbocycles. The fraction of sp³-hybridized carbons (Fsp3) is 0.429. The summed E-state index contributed by atoms with van der Waals surface area (Å²) in [4.78, 5) is 7.21. The minimum Gasteiger partial charge on any atom is -0.351 e. The molecule has 6 nitrogen and oxygen atoms in total. The largest absolute Gasteiger partial charge is 0.452 e. The molecule has 2 rings (SSSR count). The Morgan fingerprint density at radius 3 is 2.76 bits per heavy atom.